The molecule has 0 aromatic heterocycles. The minimum Gasteiger partial charge on any atom is -0.457 e. The van der Waals surface area contributed by atoms with E-state index >= 15 is 0 Å². The Morgan fingerprint density at radius 3 is 1.50 bits per heavy atom. The molecule has 0 saturated heterocycles. The highest BCUT2D eigenvalue weighted by molar-refractivity contribution is 7.47. The molecule has 0 amide bonds. The van der Waals surface area contributed by atoms with Crippen molar-refractivity contribution >= 4 is 13.8 Å². The first-order valence-electron chi connectivity index (χ1n) is 22.9. The molecule has 3 atom stereocenters. The van der Waals surface area contributed by atoms with Gasteiger partial charge >= 0.3 is 13.8 Å². The number of aliphatic hydroxyl groups excluding tert-OH is 2. The third-order valence-electron chi connectivity index (χ3n) is 9.38. The number of allylic oxidation sites excluding steroid dienone is 12. The van der Waals surface area contributed by atoms with Gasteiger partial charge in [0.05, 0.1) is 26.4 Å². The number of unbranched alkanes of at least 4 members (excludes halogenated alkanes) is 17. The molecule has 336 valence electrons. The van der Waals surface area contributed by atoms with Crippen molar-refractivity contribution in [2.45, 2.75) is 193 Å². The molecule has 0 spiro atoms. The predicted molar refractivity (Wildman–Crippen MR) is 242 cm³/mol. The lowest BCUT2D eigenvalue weighted by atomic mass is 10.1. The van der Waals surface area contributed by atoms with E-state index in [9.17, 15) is 19.4 Å². The summed E-state index contributed by atoms with van der Waals surface area (Å²) in [6.45, 7) is 3.35. The summed E-state index contributed by atoms with van der Waals surface area (Å²) in [4.78, 5) is 22.6. The maximum Gasteiger partial charge on any atom is 0.472 e. The topological polar surface area (TPSA) is 132 Å². The Hall–Kier alpha value is -2.10. The number of rotatable bonds is 43. The molecule has 10 heteroatoms. The number of phosphoric ester groups is 1. The van der Waals surface area contributed by atoms with Gasteiger partial charge in [0.25, 0.3) is 0 Å². The minimum atomic E-state index is -4.53. The van der Waals surface area contributed by atoms with Gasteiger partial charge in [-0.15, -0.1) is 0 Å². The fourth-order valence-corrected chi connectivity index (χ4v) is 6.70. The van der Waals surface area contributed by atoms with Gasteiger partial charge in [0.15, 0.2) is 0 Å². The molecule has 0 bridgehead atoms. The number of ether oxygens (including phenoxy) is 2. The van der Waals surface area contributed by atoms with Gasteiger partial charge in [0, 0.05) is 13.0 Å². The summed E-state index contributed by atoms with van der Waals surface area (Å²) >= 11 is 0. The molecule has 0 aliphatic rings. The Labute approximate surface area is 354 Å². The van der Waals surface area contributed by atoms with E-state index in [1.807, 2.05) is 0 Å². The number of hydrogen-bond acceptors (Lipinski definition) is 8. The second-order valence-corrected chi connectivity index (χ2v) is 16.5. The molecule has 0 heterocycles. The molecule has 0 fully saturated rings. The summed E-state index contributed by atoms with van der Waals surface area (Å²) in [6.07, 6.45) is 52.9. The average Bonchev–Trinajstić information content (AvgIpc) is 3.21. The van der Waals surface area contributed by atoms with Crippen molar-refractivity contribution in [3.8, 4) is 0 Å². The van der Waals surface area contributed by atoms with E-state index in [0.717, 1.165) is 89.9 Å². The molecule has 0 aromatic rings. The molecule has 0 aliphatic heterocycles. The first kappa shape index (κ1) is 55.9. The van der Waals surface area contributed by atoms with Gasteiger partial charge in [-0.1, -0.05) is 164 Å². The zero-order valence-corrected chi connectivity index (χ0v) is 37.6. The van der Waals surface area contributed by atoms with Crippen LogP contribution in [0.5, 0.6) is 0 Å². The lowest BCUT2D eigenvalue weighted by molar-refractivity contribution is -0.154. The van der Waals surface area contributed by atoms with Gasteiger partial charge in [-0.3, -0.25) is 13.8 Å². The number of hydrogen-bond donors (Lipinski definition) is 3. The second-order valence-electron chi connectivity index (χ2n) is 15.0. The predicted octanol–water partition coefficient (Wildman–Crippen LogP) is 12.9. The monoisotopic (exact) mass is 837 g/mol. The molecule has 0 saturated carbocycles. The van der Waals surface area contributed by atoms with Crippen LogP contribution in [-0.2, 0) is 27.9 Å². The zero-order chi connectivity index (χ0) is 42.5. The Morgan fingerprint density at radius 2 is 0.983 bits per heavy atom. The van der Waals surface area contributed by atoms with Gasteiger partial charge < -0.3 is 24.6 Å². The summed E-state index contributed by atoms with van der Waals surface area (Å²) < 4.78 is 33.4. The van der Waals surface area contributed by atoms with Crippen molar-refractivity contribution in [3.05, 3.63) is 72.9 Å². The Morgan fingerprint density at radius 1 is 0.552 bits per heavy atom. The largest absolute Gasteiger partial charge is 0.472 e. The van der Waals surface area contributed by atoms with Crippen molar-refractivity contribution < 1.29 is 43.0 Å². The summed E-state index contributed by atoms with van der Waals surface area (Å²) in [5.41, 5.74) is 0. The fourth-order valence-electron chi connectivity index (χ4n) is 5.91. The van der Waals surface area contributed by atoms with Gasteiger partial charge in [-0.05, 0) is 83.5 Å². The van der Waals surface area contributed by atoms with Crippen molar-refractivity contribution in [2.75, 3.05) is 33.0 Å². The summed E-state index contributed by atoms with van der Waals surface area (Å²) in [6, 6.07) is 0. The van der Waals surface area contributed by atoms with E-state index in [2.05, 4.69) is 86.8 Å². The van der Waals surface area contributed by atoms with E-state index in [4.69, 9.17) is 23.6 Å². The molecule has 58 heavy (non-hydrogen) atoms. The maximum atomic E-state index is 12.6. The van der Waals surface area contributed by atoms with Gasteiger partial charge in [-0.2, -0.15) is 0 Å². The SMILES string of the molecule is CC/C=C\C/C=C\C/C=C\C/C=C\C/C=C\CCCCCCCCCCOCC(COP(=O)(O)OCC(O)CO)OC(=O)CCCCCCC/C=C\CCCCCC. The quantitative estimate of drug-likeness (QED) is 0.0238. The van der Waals surface area contributed by atoms with Crippen LogP contribution in [0, 0.1) is 0 Å². The molecule has 0 aliphatic carbocycles. The number of phosphoric acid groups is 1. The molecular formula is C48H85O9P. The van der Waals surface area contributed by atoms with Crippen LogP contribution in [0.2, 0.25) is 0 Å². The van der Waals surface area contributed by atoms with E-state index in [1.165, 1.54) is 64.2 Å². The molecule has 0 aromatic carbocycles. The molecular weight excluding hydrogens is 751 g/mol. The Bertz CT molecular complexity index is 1130. The number of esters is 1. The Balaban J connectivity index is 4.13. The zero-order valence-electron chi connectivity index (χ0n) is 36.7. The minimum absolute atomic E-state index is 0.0367. The standard InChI is InChI=1S/C48H85O9P/c1-3-5-7-9-11-13-15-17-18-19-20-21-22-23-24-25-26-27-29-31-33-35-37-39-41-54-44-47(45-56-58(52,53)55-43-46(50)42-49)57-48(51)40-38-36-34-32-30-28-16-14-12-10-8-6-4-2/h5,7,11,13-14,16-18,20-21,23-24,46-47,49-50H,3-4,6,8-10,12,15,19,22,25-45H2,1-2H3,(H,52,53)/b7-5-,13-11-,16-14-,18-17-,21-20-,24-23-. The maximum absolute atomic E-state index is 12.6. The number of carbonyl (C=O) groups is 1. The van der Waals surface area contributed by atoms with Crippen molar-refractivity contribution in [1.82, 2.24) is 0 Å². The smallest absolute Gasteiger partial charge is 0.457 e. The molecule has 3 N–H and O–H groups in total. The van der Waals surface area contributed by atoms with E-state index in [1.54, 1.807) is 0 Å². The summed E-state index contributed by atoms with van der Waals surface area (Å²) in [5, 5.41) is 18.4. The van der Waals surface area contributed by atoms with Gasteiger partial charge in [0.1, 0.15) is 12.2 Å². The summed E-state index contributed by atoms with van der Waals surface area (Å²) in [7, 11) is -4.53. The first-order chi connectivity index (χ1) is 28.3. The summed E-state index contributed by atoms with van der Waals surface area (Å²) in [5.74, 6) is -0.398. The van der Waals surface area contributed by atoms with Crippen molar-refractivity contribution in [2.24, 2.45) is 0 Å². The van der Waals surface area contributed by atoms with Crippen LogP contribution >= 0.6 is 7.82 Å². The van der Waals surface area contributed by atoms with Crippen LogP contribution in [0.1, 0.15) is 181 Å². The van der Waals surface area contributed by atoms with Crippen molar-refractivity contribution in [3.63, 3.8) is 0 Å². The Kier molecular flexibility index (Phi) is 42.8. The third kappa shape index (κ3) is 43.5. The highest BCUT2D eigenvalue weighted by atomic mass is 31.2. The normalized spacial score (nSPS) is 14.6. The highest BCUT2D eigenvalue weighted by Crippen LogP contribution is 2.43. The van der Waals surface area contributed by atoms with E-state index in [0.29, 0.717) is 13.0 Å². The van der Waals surface area contributed by atoms with Crippen LogP contribution in [0.3, 0.4) is 0 Å². The van der Waals surface area contributed by atoms with Gasteiger partial charge in [0.2, 0.25) is 0 Å². The molecule has 0 radical (unpaired) electrons. The molecule has 9 nitrogen and oxygen atoms in total. The van der Waals surface area contributed by atoms with Crippen LogP contribution in [0.15, 0.2) is 72.9 Å². The van der Waals surface area contributed by atoms with E-state index in [-0.39, 0.29) is 19.6 Å². The molecule has 0 rings (SSSR count). The second kappa shape index (κ2) is 44.5. The van der Waals surface area contributed by atoms with E-state index < -0.39 is 39.2 Å². The lowest BCUT2D eigenvalue weighted by Gasteiger charge is -2.20. The average molecular weight is 837 g/mol. The highest BCUT2D eigenvalue weighted by Gasteiger charge is 2.26. The van der Waals surface area contributed by atoms with Crippen molar-refractivity contribution in [1.29, 1.82) is 0 Å². The first-order valence-corrected chi connectivity index (χ1v) is 24.4. The van der Waals surface area contributed by atoms with Crippen LogP contribution in [0.25, 0.3) is 0 Å². The molecule has 3 unspecified atom stereocenters. The fraction of sp³-hybridized carbons (Fsp3) is 0.729. The van der Waals surface area contributed by atoms with Crippen LogP contribution in [0.4, 0.5) is 0 Å². The van der Waals surface area contributed by atoms with Gasteiger partial charge in [-0.25, -0.2) is 4.57 Å². The lowest BCUT2D eigenvalue weighted by Crippen LogP contribution is -2.29. The van der Waals surface area contributed by atoms with Crippen LogP contribution in [-0.4, -0.2) is 66.3 Å². The number of carbonyl (C=O) groups excluding carboxylic acids is 1. The van der Waals surface area contributed by atoms with Crippen LogP contribution < -0.4 is 0 Å². The number of aliphatic hydroxyl groups is 2. The third-order valence-corrected chi connectivity index (χ3v) is 10.3.